The van der Waals surface area contributed by atoms with E-state index in [1.807, 2.05) is 4.68 Å². The molecule has 2 aromatic carbocycles. The average Bonchev–Trinajstić information content (AvgIpc) is 3.20. The van der Waals surface area contributed by atoms with Crippen molar-refractivity contribution < 1.29 is 0 Å². The maximum atomic E-state index is 4.83. The number of aryl methyl sites for hydroxylation is 1. The highest BCUT2D eigenvalue weighted by atomic mass is 15.3. The molecule has 146 valence electrons. The number of benzene rings is 2. The zero-order chi connectivity index (χ0) is 19.8. The molecule has 0 radical (unpaired) electrons. The van der Waals surface area contributed by atoms with Gasteiger partial charge in [0.1, 0.15) is 12.7 Å². The van der Waals surface area contributed by atoms with E-state index in [1.165, 1.54) is 22.3 Å². The molecule has 1 heterocycles. The van der Waals surface area contributed by atoms with Crippen LogP contribution in [0, 0.1) is 6.92 Å². The van der Waals surface area contributed by atoms with Crippen LogP contribution in [0.25, 0.3) is 0 Å². The van der Waals surface area contributed by atoms with Gasteiger partial charge < -0.3 is 10.2 Å². The molecule has 0 aliphatic heterocycles. The van der Waals surface area contributed by atoms with Crippen LogP contribution in [0.4, 0.5) is 0 Å². The standard InChI is InChI=1S/C22H28N6/c1-4-24-22(27(3)14-19-10-8-18(2)9-11-19)25-13-20-6-5-7-21(12-20)15-28-17-23-16-26-28/h5-12,16-17H,4,13-15H2,1-3H3,(H,24,25). The fraction of sp³-hybridized carbons (Fsp3) is 0.318. The first-order valence-corrected chi connectivity index (χ1v) is 9.59. The molecular weight excluding hydrogens is 348 g/mol. The molecule has 0 spiro atoms. The van der Waals surface area contributed by atoms with Crippen LogP contribution in [-0.2, 0) is 19.6 Å². The van der Waals surface area contributed by atoms with Gasteiger partial charge in [-0.3, -0.25) is 0 Å². The summed E-state index contributed by atoms with van der Waals surface area (Å²) in [6.45, 7) is 7.20. The van der Waals surface area contributed by atoms with Crippen LogP contribution >= 0.6 is 0 Å². The summed E-state index contributed by atoms with van der Waals surface area (Å²) in [5, 5.41) is 7.56. The first kappa shape index (κ1) is 19.6. The number of hydrogen-bond donors (Lipinski definition) is 1. The summed E-state index contributed by atoms with van der Waals surface area (Å²) in [4.78, 5) is 11.0. The summed E-state index contributed by atoms with van der Waals surface area (Å²) in [6, 6.07) is 17.1. The fourth-order valence-electron chi connectivity index (χ4n) is 3.01. The van der Waals surface area contributed by atoms with E-state index in [0.29, 0.717) is 13.1 Å². The van der Waals surface area contributed by atoms with Crippen LogP contribution in [0.3, 0.4) is 0 Å². The Morgan fingerprint density at radius 2 is 1.89 bits per heavy atom. The van der Waals surface area contributed by atoms with Crippen molar-refractivity contribution in [1.82, 2.24) is 25.0 Å². The molecule has 6 nitrogen and oxygen atoms in total. The maximum Gasteiger partial charge on any atom is 0.194 e. The van der Waals surface area contributed by atoms with Crippen LogP contribution in [0.15, 0.2) is 66.2 Å². The quantitative estimate of drug-likeness (QED) is 0.508. The predicted molar refractivity (Wildman–Crippen MR) is 113 cm³/mol. The van der Waals surface area contributed by atoms with Gasteiger partial charge in [-0.1, -0.05) is 54.1 Å². The van der Waals surface area contributed by atoms with E-state index in [-0.39, 0.29) is 0 Å². The molecule has 0 atom stereocenters. The minimum atomic E-state index is 0.631. The second-order valence-electron chi connectivity index (χ2n) is 6.92. The Kier molecular flexibility index (Phi) is 6.78. The third-order valence-electron chi connectivity index (χ3n) is 4.45. The number of guanidine groups is 1. The van der Waals surface area contributed by atoms with Gasteiger partial charge in [-0.2, -0.15) is 5.10 Å². The second kappa shape index (κ2) is 9.69. The molecule has 3 rings (SSSR count). The van der Waals surface area contributed by atoms with E-state index in [2.05, 4.69) is 89.7 Å². The topological polar surface area (TPSA) is 58.3 Å². The summed E-state index contributed by atoms with van der Waals surface area (Å²) >= 11 is 0. The van der Waals surface area contributed by atoms with E-state index in [4.69, 9.17) is 4.99 Å². The molecule has 0 unspecified atom stereocenters. The lowest BCUT2D eigenvalue weighted by atomic mass is 10.1. The van der Waals surface area contributed by atoms with E-state index in [9.17, 15) is 0 Å². The van der Waals surface area contributed by atoms with Crippen molar-refractivity contribution in [3.8, 4) is 0 Å². The molecule has 0 saturated heterocycles. The Morgan fingerprint density at radius 1 is 1.11 bits per heavy atom. The molecule has 0 fully saturated rings. The van der Waals surface area contributed by atoms with Gasteiger partial charge in [0.2, 0.25) is 0 Å². The zero-order valence-electron chi connectivity index (χ0n) is 16.8. The van der Waals surface area contributed by atoms with Crippen LogP contribution in [0.1, 0.15) is 29.2 Å². The van der Waals surface area contributed by atoms with Crippen molar-refractivity contribution in [2.45, 2.75) is 33.5 Å². The molecule has 0 bridgehead atoms. The van der Waals surface area contributed by atoms with Crippen LogP contribution in [0.5, 0.6) is 0 Å². The molecule has 0 aliphatic carbocycles. The van der Waals surface area contributed by atoms with Gasteiger partial charge in [-0.15, -0.1) is 0 Å². The van der Waals surface area contributed by atoms with Gasteiger partial charge in [-0.05, 0) is 30.5 Å². The van der Waals surface area contributed by atoms with Gasteiger partial charge in [0.05, 0.1) is 13.1 Å². The molecule has 28 heavy (non-hydrogen) atoms. The van der Waals surface area contributed by atoms with Crippen molar-refractivity contribution in [1.29, 1.82) is 0 Å². The minimum Gasteiger partial charge on any atom is -0.357 e. The lowest BCUT2D eigenvalue weighted by molar-refractivity contribution is 0.477. The molecule has 3 aromatic rings. The van der Waals surface area contributed by atoms with Gasteiger partial charge >= 0.3 is 0 Å². The van der Waals surface area contributed by atoms with Crippen LogP contribution in [0.2, 0.25) is 0 Å². The smallest absolute Gasteiger partial charge is 0.194 e. The second-order valence-corrected chi connectivity index (χ2v) is 6.92. The van der Waals surface area contributed by atoms with Crippen molar-refractivity contribution in [3.63, 3.8) is 0 Å². The third kappa shape index (κ3) is 5.67. The third-order valence-corrected chi connectivity index (χ3v) is 4.45. The number of nitrogens with zero attached hydrogens (tertiary/aromatic N) is 5. The monoisotopic (exact) mass is 376 g/mol. The molecule has 0 saturated carbocycles. The predicted octanol–water partition coefficient (Wildman–Crippen LogP) is 3.23. The van der Waals surface area contributed by atoms with Crippen molar-refractivity contribution in [3.05, 3.63) is 83.4 Å². The fourth-order valence-corrected chi connectivity index (χ4v) is 3.01. The zero-order valence-corrected chi connectivity index (χ0v) is 16.8. The lowest BCUT2D eigenvalue weighted by Crippen LogP contribution is -2.38. The highest BCUT2D eigenvalue weighted by Crippen LogP contribution is 2.10. The van der Waals surface area contributed by atoms with Crippen LogP contribution in [-0.4, -0.2) is 39.2 Å². The molecular formula is C22H28N6. The van der Waals surface area contributed by atoms with Crippen molar-refractivity contribution in [2.75, 3.05) is 13.6 Å². The van der Waals surface area contributed by atoms with Gasteiger partial charge in [0.15, 0.2) is 5.96 Å². The Labute approximate surface area is 166 Å². The van der Waals surface area contributed by atoms with E-state index < -0.39 is 0 Å². The van der Waals surface area contributed by atoms with Crippen LogP contribution < -0.4 is 5.32 Å². The number of aliphatic imine (C=N–C) groups is 1. The number of hydrogen-bond acceptors (Lipinski definition) is 3. The Bertz CT molecular complexity index is 884. The molecule has 0 amide bonds. The van der Waals surface area contributed by atoms with E-state index >= 15 is 0 Å². The molecule has 1 N–H and O–H groups in total. The largest absolute Gasteiger partial charge is 0.357 e. The number of aromatic nitrogens is 3. The summed E-state index contributed by atoms with van der Waals surface area (Å²) in [6.07, 6.45) is 3.29. The van der Waals surface area contributed by atoms with E-state index in [1.54, 1.807) is 12.7 Å². The summed E-state index contributed by atoms with van der Waals surface area (Å²) < 4.78 is 1.82. The number of nitrogens with one attached hydrogen (secondary N) is 1. The molecule has 0 aliphatic rings. The highest BCUT2D eigenvalue weighted by molar-refractivity contribution is 5.79. The minimum absolute atomic E-state index is 0.631. The van der Waals surface area contributed by atoms with Crippen molar-refractivity contribution >= 4 is 5.96 Å². The summed E-state index contributed by atoms with van der Waals surface area (Å²) in [5.74, 6) is 0.907. The first-order chi connectivity index (χ1) is 13.6. The lowest BCUT2D eigenvalue weighted by Gasteiger charge is -2.22. The maximum absolute atomic E-state index is 4.83. The van der Waals surface area contributed by atoms with Gasteiger partial charge in [-0.25, -0.2) is 14.7 Å². The SMILES string of the molecule is CCNC(=NCc1cccc(Cn2cncn2)c1)N(C)Cc1ccc(C)cc1. The van der Waals surface area contributed by atoms with E-state index in [0.717, 1.165) is 19.0 Å². The molecule has 6 heteroatoms. The summed E-state index contributed by atoms with van der Waals surface area (Å²) in [5.41, 5.74) is 4.92. The van der Waals surface area contributed by atoms with Crippen molar-refractivity contribution in [2.24, 2.45) is 4.99 Å². The Balaban J connectivity index is 1.67. The van der Waals surface area contributed by atoms with Gasteiger partial charge in [0, 0.05) is 20.1 Å². The summed E-state index contributed by atoms with van der Waals surface area (Å²) in [7, 11) is 2.07. The molecule has 1 aromatic heterocycles. The highest BCUT2D eigenvalue weighted by Gasteiger charge is 2.07. The average molecular weight is 377 g/mol. The van der Waals surface area contributed by atoms with Gasteiger partial charge in [0.25, 0.3) is 0 Å². The normalized spacial score (nSPS) is 11.5. The Morgan fingerprint density at radius 3 is 2.61 bits per heavy atom. The first-order valence-electron chi connectivity index (χ1n) is 9.59. The Hall–Kier alpha value is -3.15. The number of rotatable bonds is 7.